The van der Waals surface area contributed by atoms with E-state index in [1.165, 1.54) is 0 Å². The number of nitrogens with one attached hydrogen (secondary N) is 1. The normalized spacial score (nSPS) is 12.6. The molecule has 0 aliphatic heterocycles. The van der Waals surface area contributed by atoms with Gasteiger partial charge in [-0.3, -0.25) is 9.79 Å². The Hall–Kier alpha value is -1.10. The Bertz CT molecular complexity index is 244. The number of carbonyl (C=O) groups is 1. The van der Waals surface area contributed by atoms with Gasteiger partial charge in [0.1, 0.15) is 0 Å². The molecule has 1 amide bonds. The third kappa shape index (κ3) is 7.23. The number of carbonyl (C=O) groups excluding carboxylic acids is 1. The average Bonchev–Trinajstić information content (AvgIpc) is 2.16. The van der Waals surface area contributed by atoms with Crippen LogP contribution in [0.4, 0.5) is 0 Å². The maximum atomic E-state index is 11.3. The molecule has 0 rings (SSSR count). The van der Waals surface area contributed by atoms with E-state index < -0.39 is 0 Å². The van der Waals surface area contributed by atoms with E-state index in [2.05, 4.69) is 10.3 Å². The van der Waals surface area contributed by atoms with E-state index in [9.17, 15) is 4.79 Å². The molecule has 0 aliphatic carbocycles. The lowest BCUT2D eigenvalue weighted by molar-refractivity contribution is -0.121. The number of rotatable bonds is 6. The fraction of sp³-hybridized carbons (Fsp3) is 0.818. The van der Waals surface area contributed by atoms with E-state index in [1.54, 1.807) is 7.11 Å². The van der Waals surface area contributed by atoms with Crippen LogP contribution in [-0.4, -0.2) is 38.5 Å². The highest BCUT2D eigenvalue weighted by molar-refractivity contribution is 5.85. The Morgan fingerprint density at radius 1 is 1.44 bits per heavy atom. The average molecular weight is 229 g/mol. The summed E-state index contributed by atoms with van der Waals surface area (Å²) in [5.74, 6) is 0.555. The minimum absolute atomic E-state index is 0.0255. The maximum absolute atomic E-state index is 11.3. The van der Waals surface area contributed by atoms with Gasteiger partial charge in [0.2, 0.25) is 5.91 Å². The van der Waals surface area contributed by atoms with Crippen molar-refractivity contribution in [1.29, 1.82) is 0 Å². The highest BCUT2D eigenvalue weighted by atomic mass is 16.5. The summed E-state index contributed by atoms with van der Waals surface area (Å²) in [7, 11) is 1.60. The minimum atomic E-state index is -0.132. The molecule has 0 aliphatic rings. The molecule has 0 bridgehead atoms. The van der Waals surface area contributed by atoms with Crippen molar-refractivity contribution in [2.24, 2.45) is 16.1 Å². The highest BCUT2D eigenvalue weighted by Crippen LogP contribution is 2.12. The standard InChI is InChI=1S/C11H23N3O2/c1-11(2,3)10(12)14-6-5-9(15)13-7-8-16-4/h5-8H2,1-4H3,(H2,12,14)(H,13,15). The van der Waals surface area contributed by atoms with Gasteiger partial charge in [0.25, 0.3) is 0 Å². The van der Waals surface area contributed by atoms with E-state index in [0.717, 1.165) is 0 Å². The van der Waals surface area contributed by atoms with E-state index in [0.29, 0.717) is 32.0 Å². The molecular weight excluding hydrogens is 206 g/mol. The van der Waals surface area contributed by atoms with Gasteiger partial charge in [0.15, 0.2) is 0 Å². The van der Waals surface area contributed by atoms with Crippen molar-refractivity contribution >= 4 is 11.7 Å². The van der Waals surface area contributed by atoms with Gasteiger partial charge in [-0.25, -0.2) is 0 Å². The van der Waals surface area contributed by atoms with Crippen LogP contribution in [-0.2, 0) is 9.53 Å². The van der Waals surface area contributed by atoms with Gasteiger partial charge in [-0.05, 0) is 0 Å². The van der Waals surface area contributed by atoms with Crippen molar-refractivity contribution in [2.75, 3.05) is 26.8 Å². The summed E-state index contributed by atoms with van der Waals surface area (Å²) < 4.78 is 4.82. The molecular formula is C11H23N3O2. The van der Waals surface area contributed by atoms with Gasteiger partial charge in [-0.2, -0.15) is 0 Å². The maximum Gasteiger partial charge on any atom is 0.221 e. The number of ether oxygens (including phenoxy) is 1. The number of amidine groups is 1. The number of hydrogen-bond donors (Lipinski definition) is 2. The van der Waals surface area contributed by atoms with E-state index in [4.69, 9.17) is 10.5 Å². The van der Waals surface area contributed by atoms with Crippen LogP contribution in [0.5, 0.6) is 0 Å². The summed E-state index contributed by atoms with van der Waals surface area (Å²) in [6.07, 6.45) is 0.362. The third-order valence-electron chi connectivity index (χ3n) is 2.02. The molecule has 0 saturated heterocycles. The molecule has 0 atom stereocenters. The summed E-state index contributed by atoms with van der Waals surface area (Å²) in [5.41, 5.74) is 5.62. The molecule has 5 nitrogen and oxygen atoms in total. The fourth-order valence-electron chi connectivity index (χ4n) is 0.896. The largest absolute Gasteiger partial charge is 0.387 e. The van der Waals surface area contributed by atoms with Gasteiger partial charge in [-0.1, -0.05) is 20.8 Å². The van der Waals surface area contributed by atoms with E-state index >= 15 is 0 Å². The summed E-state index contributed by atoms with van der Waals surface area (Å²) >= 11 is 0. The van der Waals surface area contributed by atoms with Crippen LogP contribution in [0.25, 0.3) is 0 Å². The molecule has 5 heteroatoms. The van der Waals surface area contributed by atoms with Crippen molar-refractivity contribution in [2.45, 2.75) is 27.2 Å². The lowest BCUT2D eigenvalue weighted by Crippen LogP contribution is -2.30. The summed E-state index contributed by atoms with van der Waals surface area (Å²) in [5, 5.41) is 2.72. The number of methoxy groups -OCH3 is 1. The first-order valence-corrected chi connectivity index (χ1v) is 5.44. The van der Waals surface area contributed by atoms with Crippen molar-refractivity contribution in [1.82, 2.24) is 5.32 Å². The molecule has 0 aromatic carbocycles. The quantitative estimate of drug-likeness (QED) is 0.396. The van der Waals surface area contributed by atoms with Gasteiger partial charge in [0.05, 0.1) is 12.4 Å². The first-order valence-electron chi connectivity index (χ1n) is 5.44. The van der Waals surface area contributed by atoms with Crippen LogP contribution in [0.3, 0.4) is 0 Å². The first kappa shape index (κ1) is 14.9. The summed E-state index contributed by atoms with van der Waals surface area (Å²) in [6.45, 7) is 7.47. The van der Waals surface area contributed by atoms with Crippen LogP contribution in [0, 0.1) is 5.41 Å². The van der Waals surface area contributed by atoms with Gasteiger partial charge >= 0.3 is 0 Å². The smallest absolute Gasteiger partial charge is 0.221 e. The van der Waals surface area contributed by atoms with E-state index in [1.807, 2.05) is 20.8 Å². The van der Waals surface area contributed by atoms with Crippen molar-refractivity contribution in [3.05, 3.63) is 0 Å². The molecule has 0 aromatic rings. The van der Waals surface area contributed by atoms with Crippen molar-refractivity contribution < 1.29 is 9.53 Å². The molecule has 0 aromatic heterocycles. The van der Waals surface area contributed by atoms with E-state index in [-0.39, 0.29) is 11.3 Å². The van der Waals surface area contributed by atoms with Crippen LogP contribution in [0.2, 0.25) is 0 Å². The van der Waals surface area contributed by atoms with Gasteiger partial charge in [0, 0.05) is 32.0 Å². The van der Waals surface area contributed by atoms with Gasteiger partial charge in [-0.15, -0.1) is 0 Å². The molecule has 16 heavy (non-hydrogen) atoms. The topological polar surface area (TPSA) is 76.7 Å². The Labute approximate surface area is 97.4 Å². The number of nitrogens with two attached hydrogens (primary N) is 1. The Balaban J connectivity index is 3.77. The molecule has 0 radical (unpaired) electrons. The molecule has 0 fully saturated rings. The zero-order valence-electron chi connectivity index (χ0n) is 10.7. The fourth-order valence-corrected chi connectivity index (χ4v) is 0.896. The second kappa shape index (κ2) is 7.22. The number of nitrogens with zero attached hydrogens (tertiary/aromatic N) is 1. The molecule has 0 heterocycles. The molecule has 0 saturated carbocycles. The van der Waals surface area contributed by atoms with Crippen LogP contribution in [0.15, 0.2) is 4.99 Å². The SMILES string of the molecule is COCCNC(=O)CCN=C(N)C(C)(C)C. The number of amides is 1. The van der Waals surface area contributed by atoms with Crippen LogP contribution < -0.4 is 11.1 Å². The Kier molecular flexibility index (Phi) is 6.72. The molecule has 0 spiro atoms. The zero-order chi connectivity index (χ0) is 12.6. The minimum Gasteiger partial charge on any atom is -0.387 e. The van der Waals surface area contributed by atoms with Gasteiger partial charge < -0.3 is 15.8 Å². The highest BCUT2D eigenvalue weighted by Gasteiger charge is 2.14. The molecule has 3 N–H and O–H groups in total. The van der Waals surface area contributed by atoms with Crippen molar-refractivity contribution in [3.63, 3.8) is 0 Å². The predicted octanol–water partition coefficient (Wildman–Crippen LogP) is 0.542. The summed E-state index contributed by atoms with van der Waals surface area (Å²) in [6, 6.07) is 0. The zero-order valence-corrected chi connectivity index (χ0v) is 10.7. The van der Waals surface area contributed by atoms with Crippen molar-refractivity contribution in [3.8, 4) is 0 Å². The second-order valence-electron chi connectivity index (χ2n) is 4.61. The first-order chi connectivity index (χ1) is 7.38. The Morgan fingerprint density at radius 3 is 2.56 bits per heavy atom. The lowest BCUT2D eigenvalue weighted by Gasteiger charge is -2.17. The third-order valence-corrected chi connectivity index (χ3v) is 2.02. The lowest BCUT2D eigenvalue weighted by atomic mass is 9.95. The van der Waals surface area contributed by atoms with Crippen LogP contribution in [0.1, 0.15) is 27.2 Å². The number of aliphatic imine (C=N–C) groups is 1. The van der Waals surface area contributed by atoms with Crippen LogP contribution >= 0.6 is 0 Å². The monoisotopic (exact) mass is 229 g/mol. The summed E-state index contributed by atoms with van der Waals surface area (Å²) in [4.78, 5) is 15.4. The second-order valence-corrected chi connectivity index (χ2v) is 4.61. The molecule has 0 unspecified atom stereocenters. The predicted molar refractivity (Wildman–Crippen MR) is 65.4 cm³/mol. The number of hydrogen-bond acceptors (Lipinski definition) is 3. The molecule has 94 valence electrons. The Morgan fingerprint density at radius 2 is 2.06 bits per heavy atom.